The maximum atomic E-state index is 12.5. The van der Waals surface area contributed by atoms with Gasteiger partial charge in [0.25, 0.3) is 5.91 Å². The molecule has 2 aromatic heterocycles. The topological polar surface area (TPSA) is 51.0 Å². The van der Waals surface area contributed by atoms with Crippen LogP contribution in [-0.4, -0.2) is 38.4 Å². The standard InChI is InChI=1S/C19H24N4O/c1-14-10-21-18(23(14)13-15-4-5-15)9-16-6-8-22(12-16)19(24)17-3-2-7-20-11-17/h2-3,7,10-11,15-16H,4-6,8-9,12-13H2,1H3. The second-order valence-corrected chi connectivity index (χ2v) is 7.22. The molecule has 3 heterocycles. The van der Waals surface area contributed by atoms with E-state index in [9.17, 15) is 4.79 Å². The van der Waals surface area contributed by atoms with Gasteiger partial charge in [-0.15, -0.1) is 0 Å². The van der Waals surface area contributed by atoms with Gasteiger partial charge in [0.15, 0.2) is 0 Å². The molecule has 5 nitrogen and oxygen atoms in total. The van der Waals surface area contributed by atoms with Gasteiger partial charge in [-0.1, -0.05) is 0 Å². The lowest BCUT2D eigenvalue weighted by molar-refractivity contribution is 0.0786. The Morgan fingerprint density at radius 3 is 2.88 bits per heavy atom. The molecule has 0 N–H and O–H groups in total. The molecule has 2 aromatic rings. The van der Waals surface area contributed by atoms with E-state index in [0.29, 0.717) is 11.5 Å². The first-order chi connectivity index (χ1) is 11.7. The average Bonchev–Trinajstić information content (AvgIpc) is 3.21. The zero-order chi connectivity index (χ0) is 16.5. The fraction of sp³-hybridized carbons (Fsp3) is 0.526. The van der Waals surface area contributed by atoms with E-state index in [1.54, 1.807) is 12.4 Å². The number of hydrogen-bond acceptors (Lipinski definition) is 3. The minimum atomic E-state index is 0.100. The predicted octanol–water partition coefficient (Wildman–Crippen LogP) is 2.70. The second-order valence-electron chi connectivity index (χ2n) is 7.22. The number of carbonyl (C=O) groups excluding carboxylic acids is 1. The Kier molecular flexibility index (Phi) is 4.08. The summed E-state index contributed by atoms with van der Waals surface area (Å²) in [6, 6.07) is 3.66. The van der Waals surface area contributed by atoms with Gasteiger partial charge >= 0.3 is 0 Å². The molecule has 1 aliphatic carbocycles. The Balaban J connectivity index is 1.40. The van der Waals surface area contributed by atoms with Gasteiger partial charge in [-0.25, -0.2) is 4.98 Å². The summed E-state index contributed by atoms with van der Waals surface area (Å²) in [5.41, 5.74) is 1.95. The smallest absolute Gasteiger partial charge is 0.255 e. The molecule has 5 heteroatoms. The molecule has 1 saturated carbocycles. The van der Waals surface area contributed by atoms with Crippen LogP contribution in [0, 0.1) is 18.8 Å². The molecule has 1 saturated heterocycles. The Morgan fingerprint density at radius 2 is 2.12 bits per heavy atom. The van der Waals surface area contributed by atoms with Crippen molar-refractivity contribution in [3.8, 4) is 0 Å². The van der Waals surface area contributed by atoms with Gasteiger partial charge in [0.05, 0.1) is 5.56 Å². The van der Waals surface area contributed by atoms with E-state index in [-0.39, 0.29) is 5.91 Å². The molecule has 24 heavy (non-hydrogen) atoms. The molecule has 2 aliphatic rings. The Labute approximate surface area is 142 Å². The van der Waals surface area contributed by atoms with Crippen LogP contribution in [0.15, 0.2) is 30.7 Å². The highest BCUT2D eigenvalue weighted by Crippen LogP contribution is 2.32. The maximum Gasteiger partial charge on any atom is 0.255 e. The van der Waals surface area contributed by atoms with Crippen molar-refractivity contribution in [3.63, 3.8) is 0 Å². The van der Waals surface area contributed by atoms with Gasteiger partial charge in [-0.2, -0.15) is 0 Å². The highest BCUT2D eigenvalue weighted by molar-refractivity contribution is 5.94. The summed E-state index contributed by atoms with van der Waals surface area (Å²) in [6.07, 6.45) is 10.1. The minimum Gasteiger partial charge on any atom is -0.338 e. The first kappa shape index (κ1) is 15.4. The van der Waals surface area contributed by atoms with Gasteiger partial charge in [-0.05, 0) is 50.2 Å². The summed E-state index contributed by atoms with van der Waals surface area (Å²) in [7, 11) is 0. The molecule has 126 valence electrons. The van der Waals surface area contributed by atoms with E-state index in [1.807, 2.05) is 23.2 Å². The third-order valence-electron chi connectivity index (χ3n) is 5.23. The largest absolute Gasteiger partial charge is 0.338 e. The third kappa shape index (κ3) is 3.21. The lowest BCUT2D eigenvalue weighted by Crippen LogP contribution is -2.29. The van der Waals surface area contributed by atoms with E-state index in [1.165, 1.54) is 24.4 Å². The molecule has 0 aromatic carbocycles. The molecule has 1 unspecified atom stereocenters. The van der Waals surface area contributed by atoms with Gasteiger partial charge < -0.3 is 9.47 Å². The lowest BCUT2D eigenvalue weighted by Gasteiger charge is -2.17. The Bertz CT molecular complexity index is 720. The van der Waals surface area contributed by atoms with Crippen LogP contribution in [0.1, 0.15) is 41.1 Å². The fourth-order valence-electron chi connectivity index (χ4n) is 3.60. The number of aromatic nitrogens is 3. The summed E-state index contributed by atoms with van der Waals surface area (Å²) in [4.78, 5) is 23.2. The predicted molar refractivity (Wildman–Crippen MR) is 91.6 cm³/mol. The van der Waals surface area contributed by atoms with Crippen LogP contribution < -0.4 is 0 Å². The van der Waals surface area contributed by atoms with E-state index in [4.69, 9.17) is 0 Å². The SMILES string of the molecule is Cc1cnc(CC2CCN(C(=O)c3cccnc3)C2)n1CC1CC1. The molecule has 1 aliphatic heterocycles. The van der Waals surface area contributed by atoms with Gasteiger partial charge in [0.2, 0.25) is 0 Å². The highest BCUT2D eigenvalue weighted by Gasteiger charge is 2.29. The maximum absolute atomic E-state index is 12.5. The number of rotatable bonds is 5. The summed E-state index contributed by atoms with van der Waals surface area (Å²) in [5, 5.41) is 0. The monoisotopic (exact) mass is 324 g/mol. The Morgan fingerprint density at radius 1 is 1.25 bits per heavy atom. The summed E-state index contributed by atoms with van der Waals surface area (Å²) in [6.45, 7) is 4.92. The summed E-state index contributed by atoms with van der Waals surface area (Å²) in [5.74, 6) is 2.65. The van der Waals surface area contributed by atoms with Crippen molar-refractivity contribution in [2.45, 2.75) is 39.2 Å². The number of aryl methyl sites for hydroxylation is 1. The zero-order valence-corrected chi connectivity index (χ0v) is 14.2. The number of hydrogen-bond donors (Lipinski definition) is 0. The van der Waals surface area contributed by atoms with Gasteiger partial charge in [0, 0.05) is 50.3 Å². The number of likely N-dealkylation sites (tertiary alicyclic amines) is 1. The molecule has 0 radical (unpaired) electrons. The van der Waals surface area contributed by atoms with Crippen molar-refractivity contribution in [1.82, 2.24) is 19.4 Å². The normalized spacial score (nSPS) is 20.5. The van der Waals surface area contributed by atoms with E-state index in [2.05, 4.69) is 21.5 Å². The van der Waals surface area contributed by atoms with Crippen LogP contribution in [0.4, 0.5) is 0 Å². The summed E-state index contributed by atoms with van der Waals surface area (Å²) >= 11 is 0. The molecule has 4 rings (SSSR count). The van der Waals surface area contributed by atoms with Crippen molar-refractivity contribution >= 4 is 5.91 Å². The van der Waals surface area contributed by atoms with Crippen LogP contribution in [0.3, 0.4) is 0 Å². The van der Waals surface area contributed by atoms with Crippen molar-refractivity contribution in [3.05, 3.63) is 47.8 Å². The molecular formula is C19H24N4O. The van der Waals surface area contributed by atoms with E-state index >= 15 is 0 Å². The molecular weight excluding hydrogens is 300 g/mol. The van der Waals surface area contributed by atoms with Gasteiger partial charge in [0.1, 0.15) is 5.82 Å². The highest BCUT2D eigenvalue weighted by atomic mass is 16.2. The first-order valence-electron chi connectivity index (χ1n) is 8.91. The Hall–Kier alpha value is -2.17. The van der Waals surface area contributed by atoms with Crippen LogP contribution in [0.2, 0.25) is 0 Å². The van der Waals surface area contributed by atoms with Crippen molar-refractivity contribution in [1.29, 1.82) is 0 Å². The van der Waals surface area contributed by atoms with E-state index < -0.39 is 0 Å². The number of carbonyl (C=O) groups is 1. The lowest BCUT2D eigenvalue weighted by atomic mass is 10.0. The van der Waals surface area contributed by atoms with E-state index in [0.717, 1.165) is 38.4 Å². The second kappa shape index (κ2) is 6.38. The van der Waals surface area contributed by atoms with Crippen LogP contribution in [0.25, 0.3) is 0 Å². The van der Waals surface area contributed by atoms with Crippen molar-refractivity contribution < 1.29 is 4.79 Å². The zero-order valence-electron chi connectivity index (χ0n) is 14.2. The summed E-state index contributed by atoms with van der Waals surface area (Å²) < 4.78 is 2.39. The number of amides is 1. The number of imidazole rings is 1. The molecule has 1 atom stereocenters. The fourth-order valence-corrected chi connectivity index (χ4v) is 3.60. The first-order valence-corrected chi connectivity index (χ1v) is 8.91. The van der Waals surface area contributed by atoms with Crippen molar-refractivity contribution in [2.24, 2.45) is 11.8 Å². The third-order valence-corrected chi connectivity index (χ3v) is 5.23. The average molecular weight is 324 g/mol. The van der Waals surface area contributed by atoms with Crippen molar-refractivity contribution in [2.75, 3.05) is 13.1 Å². The van der Waals surface area contributed by atoms with Crippen LogP contribution in [0.5, 0.6) is 0 Å². The molecule has 2 fully saturated rings. The van der Waals surface area contributed by atoms with Crippen LogP contribution in [-0.2, 0) is 13.0 Å². The number of pyridine rings is 1. The number of nitrogens with zero attached hydrogens (tertiary/aromatic N) is 4. The van der Waals surface area contributed by atoms with Crippen LogP contribution >= 0.6 is 0 Å². The van der Waals surface area contributed by atoms with Gasteiger partial charge in [-0.3, -0.25) is 9.78 Å². The molecule has 0 spiro atoms. The minimum absolute atomic E-state index is 0.100. The quantitative estimate of drug-likeness (QED) is 0.850. The molecule has 1 amide bonds. The molecule has 0 bridgehead atoms.